The Labute approximate surface area is 263 Å². The summed E-state index contributed by atoms with van der Waals surface area (Å²) < 4.78 is 5.44. The first kappa shape index (κ1) is 41.4. The van der Waals surface area contributed by atoms with E-state index in [0.717, 1.165) is 12.8 Å². The van der Waals surface area contributed by atoms with Gasteiger partial charge in [0.2, 0.25) is 0 Å². The van der Waals surface area contributed by atoms with Gasteiger partial charge in [-0.25, -0.2) is 0 Å². The minimum absolute atomic E-state index is 0. The minimum Gasteiger partial charge on any atom is -0.466 e. The number of carbonyl (C=O) groups is 1. The van der Waals surface area contributed by atoms with Gasteiger partial charge in [0, 0.05) is 29.5 Å². The van der Waals surface area contributed by atoms with Gasteiger partial charge in [0.15, 0.2) is 0 Å². The van der Waals surface area contributed by atoms with E-state index in [-0.39, 0.29) is 29.0 Å². The summed E-state index contributed by atoms with van der Waals surface area (Å²) in [4.78, 5) is 11.9. The van der Waals surface area contributed by atoms with E-state index in [1.54, 1.807) is 0 Å². The summed E-state index contributed by atoms with van der Waals surface area (Å²) in [6, 6.07) is 0. The van der Waals surface area contributed by atoms with Gasteiger partial charge in [0.05, 0.1) is 6.61 Å². The third kappa shape index (κ3) is 38.2. The van der Waals surface area contributed by atoms with Crippen molar-refractivity contribution in [2.75, 3.05) is 6.61 Å². The second kappa shape index (κ2) is 38.2. The van der Waals surface area contributed by atoms with Gasteiger partial charge in [-0.3, -0.25) is 4.79 Å². The number of hydrogen-bond donors (Lipinski definition) is 0. The zero-order valence-corrected chi connectivity index (χ0v) is 28.8. The van der Waals surface area contributed by atoms with E-state index in [1.807, 2.05) is 0 Å². The molecular weight excluding hydrogens is 489 g/mol. The molecule has 0 spiro atoms. The Hall–Kier alpha value is 0.236. The molecule has 0 atom stereocenters. The summed E-state index contributed by atoms with van der Waals surface area (Å²) in [6.45, 7) is 5.22. The van der Waals surface area contributed by atoms with Crippen LogP contribution in [0.3, 0.4) is 0 Å². The summed E-state index contributed by atoms with van der Waals surface area (Å²) in [5.74, 6) is 0.0284. The lowest BCUT2D eigenvalue weighted by molar-refractivity contribution is -0.143. The molecule has 0 aliphatic carbocycles. The zero-order chi connectivity index (χ0) is 27.6. The van der Waals surface area contributed by atoms with Crippen LogP contribution < -0.4 is 0 Å². The van der Waals surface area contributed by atoms with Crippen molar-refractivity contribution in [1.29, 1.82) is 0 Å². The van der Waals surface area contributed by atoms with E-state index >= 15 is 0 Å². The third-order valence-electron chi connectivity index (χ3n) is 8.25. The standard InChI is InChI=1S/C36H72O2.Mg/c1-3-5-7-9-11-13-15-17-19-21-23-25-27-29-31-33-35-38-36(37)34-32-30-28-26-24-22-20-18-16-14-12-10-8-6-4-2;/h3-35H2,1-2H3;. The molecule has 0 saturated heterocycles. The Bertz CT molecular complexity index is 440. The Morgan fingerprint density at radius 2 is 0.590 bits per heavy atom. The van der Waals surface area contributed by atoms with Crippen molar-refractivity contribution in [1.82, 2.24) is 0 Å². The first-order valence-corrected chi connectivity index (χ1v) is 18.0. The van der Waals surface area contributed by atoms with E-state index in [0.29, 0.717) is 13.0 Å². The summed E-state index contributed by atoms with van der Waals surface area (Å²) in [6.07, 6.45) is 43.1. The van der Waals surface area contributed by atoms with Gasteiger partial charge in [0.25, 0.3) is 0 Å². The van der Waals surface area contributed by atoms with Gasteiger partial charge in [-0.2, -0.15) is 0 Å². The molecule has 0 saturated carbocycles. The van der Waals surface area contributed by atoms with E-state index in [4.69, 9.17) is 4.74 Å². The molecule has 2 nitrogen and oxygen atoms in total. The summed E-state index contributed by atoms with van der Waals surface area (Å²) in [5.41, 5.74) is 0. The molecule has 3 heteroatoms. The molecule has 0 bridgehead atoms. The Balaban J connectivity index is 0. The minimum atomic E-state index is 0. The van der Waals surface area contributed by atoms with Crippen LogP contribution in [0.2, 0.25) is 0 Å². The topological polar surface area (TPSA) is 26.3 Å². The van der Waals surface area contributed by atoms with Crippen molar-refractivity contribution >= 4 is 29.0 Å². The maximum atomic E-state index is 11.9. The molecule has 0 aromatic carbocycles. The van der Waals surface area contributed by atoms with E-state index in [9.17, 15) is 4.79 Å². The second-order valence-corrected chi connectivity index (χ2v) is 12.2. The molecule has 39 heavy (non-hydrogen) atoms. The maximum absolute atomic E-state index is 11.9. The molecule has 2 radical (unpaired) electrons. The van der Waals surface area contributed by atoms with E-state index in [2.05, 4.69) is 13.8 Å². The van der Waals surface area contributed by atoms with E-state index in [1.165, 1.54) is 186 Å². The number of esters is 1. The van der Waals surface area contributed by atoms with Crippen LogP contribution in [0.25, 0.3) is 0 Å². The van der Waals surface area contributed by atoms with Gasteiger partial charge in [-0.05, 0) is 12.8 Å². The zero-order valence-electron chi connectivity index (χ0n) is 27.4. The normalized spacial score (nSPS) is 11.0. The van der Waals surface area contributed by atoms with Crippen LogP contribution in [0, 0.1) is 0 Å². The molecule has 0 aliphatic heterocycles. The van der Waals surface area contributed by atoms with Gasteiger partial charge >= 0.3 is 5.97 Å². The quantitative estimate of drug-likeness (QED) is 0.0453. The van der Waals surface area contributed by atoms with Crippen LogP contribution in [0.5, 0.6) is 0 Å². The lowest BCUT2D eigenvalue weighted by Gasteiger charge is -2.06. The number of unbranched alkanes of at least 4 members (excludes halogenated alkanes) is 29. The maximum Gasteiger partial charge on any atom is 0.305 e. The summed E-state index contributed by atoms with van der Waals surface area (Å²) >= 11 is 0. The fourth-order valence-corrected chi connectivity index (χ4v) is 5.55. The van der Waals surface area contributed by atoms with E-state index < -0.39 is 0 Å². The molecule has 0 rings (SSSR count). The lowest BCUT2D eigenvalue weighted by atomic mass is 10.0. The molecule has 0 amide bonds. The monoisotopic (exact) mass is 561 g/mol. The number of carbonyl (C=O) groups excluding carboxylic acids is 1. The lowest BCUT2D eigenvalue weighted by Crippen LogP contribution is -2.05. The van der Waals surface area contributed by atoms with Gasteiger partial charge in [-0.15, -0.1) is 0 Å². The average molecular weight is 561 g/mol. The third-order valence-corrected chi connectivity index (χ3v) is 8.25. The Morgan fingerprint density at radius 1 is 0.359 bits per heavy atom. The summed E-state index contributed by atoms with van der Waals surface area (Å²) in [5, 5.41) is 0. The van der Waals surface area contributed by atoms with Crippen LogP contribution in [-0.4, -0.2) is 35.6 Å². The highest BCUT2D eigenvalue weighted by molar-refractivity contribution is 5.75. The number of hydrogen-bond acceptors (Lipinski definition) is 2. The highest BCUT2D eigenvalue weighted by Crippen LogP contribution is 2.15. The Kier molecular flexibility index (Phi) is 40.6. The fourth-order valence-electron chi connectivity index (χ4n) is 5.55. The summed E-state index contributed by atoms with van der Waals surface area (Å²) in [7, 11) is 0. The smallest absolute Gasteiger partial charge is 0.305 e. The first-order chi connectivity index (χ1) is 18.8. The molecule has 0 aromatic heterocycles. The highest BCUT2D eigenvalue weighted by Gasteiger charge is 2.03. The van der Waals surface area contributed by atoms with Gasteiger partial charge < -0.3 is 4.74 Å². The molecule has 0 aromatic rings. The van der Waals surface area contributed by atoms with Crippen molar-refractivity contribution in [3.63, 3.8) is 0 Å². The number of ether oxygens (including phenoxy) is 1. The molecule has 230 valence electrons. The van der Waals surface area contributed by atoms with Crippen LogP contribution >= 0.6 is 0 Å². The molecular formula is C36H72MgO2. The van der Waals surface area contributed by atoms with Gasteiger partial charge in [0.1, 0.15) is 0 Å². The Morgan fingerprint density at radius 3 is 0.872 bits per heavy atom. The van der Waals surface area contributed by atoms with Crippen LogP contribution in [-0.2, 0) is 9.53 Å². The first-order valence-electron chi connectivity index (χ1n) is 18.0. The highest BCUT2D eigenvalue weighted by atomic mass is 24.3. The molecule has 0 unspecified atom stereocenters. The predicted octanol–water partition coefficient (Wildman–Crippen LogP) is 12.7. The second-order valence-electron chi connectivity index (χ2n) is 12.2. The van der Waals surface area contributed by atoms with Crippen molar-refractivity contribution in [3.8, 4) is 0 Å². The largest absolute Gasteiger partial charge is 0.466 e. The fraction of sp³-hybridized carbons (Fsp3) is 0.972. The van der Waals surface area contributed by atoms with Crippen molar-refractivity contribution in [2.45, 2.75) is 219 Å². The van der Waals surface area contributed by atoms with Crippen LogP contribution in [0.15, 0.2) is 0 Å². The van der Waals surface area contributed by atoms with Crippen molar-refractivity contribution < 1.29 is 9.53 Å². The predicted molar refractivity (Wildman–Crippen MR) is 176 cm³/mol. The van der Waals surface area contributed by atoms with Crippen molar-refractivity contribution in [3.05, 3.63) is 0 Å². The molecule has 0 N–H and O–H groups in total. The molecule has 0 heterocycles. The van der Waals surface area contributed by atoms with Crippen molar-refractivity contribution in [2.24, 2.45) is 0 Å². The molecule has 0 fully saturated rings. The van der Waals surface area contributed by atoms with Gasteiger partial charge in [-0.1, -0.05) is 200 Å². The average Bonchev–Trinajstić information content (AvgIpc) is 2.92. The van der Waals surface area contributed by atoms with Crippen LogP contribution in [0.1, 0.15) is 219 Å². The molecule has 0 aliphatic rings. The SMILES string of the molecule is CCCCCCCCCCCCCCCCCCOC(=O)CCCCCCCCCCCCCCCCC.[Mg]. The number of rotatable bonds is 33. The van der Waals surface area contributed by atoms with Crippen LogP contribution in [0.4, 0.5) is 0 Å².